The van der Waals surface area contributed by atoms with E-state index in [0.29, 0.717) is 34.0 Å². The number of benzene rings is 1. The largest absolute Gasteiger partial charge is 0.384 e. The highest BCUT2D eigenvalue weighted by molar-refractivity contribution is 7.19. The topological polar surface area (TPSA) is 111 Å². The number of aryl methyl sites for hydroxylation is 1. The number of allylic oxidation sites excluding steroid dienone is 1. The van der Waals surface area contributed by atoms with Crippen LogP contribution in [-0.2, 0) is 23.1 Å². The van der Waals surface area contributed by atoms with E-state index in [4.69, 9.17) is 15.7 Å². The highest BCUT2D eigenvalue weighted by atomic mass is 32.1. The molecule has 1 aromatic carbocycles. The maximum absolute atomic E-state index is 13.6. The summed E-state index contributed by atoms with van der Waals surface area (Å²) in [5, 5.41) is 17.5. The highest BCUT2D eigenvalue weighted by Gasteiger charge is 2.48. The van der Waals surface area contributed by atoms with Crippen LogP contribution in [0.4, 0.5) is 24.9 Å². The van der Waals surface area contributed by atoms with Gasteiger partial charge in [0.05, 0.1) is 27.6 Å². The monoisotopic (exact) mass is 656 g/mol. The number of amides is 1. The molecule has 4 heterocycles. The fourth-order valence-electron chi connectivity index (χ4n) is 5.96. The zero-order chi connectivity index (χ0) is 33.7. The van der Waals surface area contributed by atoms with Crippen LogP contribution in [0.15, 0.2) is 36.5 Å². The summed E-state index contributed by atoms with van der Waals surface area (Å²) in [6, 6.07) is 9.66. The second-order valence-electron chi connectivity index (χ2n) is 12.4. The smallest absolute Gasteiger partial charge is 0.367 e. The Morgan fingerprint density at radius 2 is 1.87 bits per heavy atom. The molecule has 0 atom stereocenters. The lowest BCUT2D eigenvalue weighted by Gasteiger charge is -2.33. The number of nitrogens with one attached hydrogen (secondary N) is 3. The minimum absolute atomic E-state index is 0.00812. The van der Waals surface area contributed by atoms with E-state index in [1.165, 1.54) is 6.07 Å². The lowest BCUT2D eigenvalue weighted by atomic mass is 9.53. The third kappa shape index (κ3) is 6.58. The second-order valence-corrected chi connectivity index (χ2v) is 13.4. The van der Waals surface area contributed by atoms with Crippen molar-refractivity contribution in [3.8, 4) is 6.07 Å². The summed E-state index contributed by atoms with van der Waals surface area (Å²) in [6.07, 6.45) is -1.43. The van der Waals surface area contributed by atoms with Crippen molar-refractivity contribution in [3.63, 3.8) is 0 Å². The average molecular weight is 656 g/mol. The fourth-order valence-corrected chi connectivity index (χ4v) is 7.03. The molecule has 3 N–H and O–H groups in total. The van der Waals surface area contributed by atoms with Gasteiger partial charge in [-0.25, -0.2) is 4.98 Å². The molecule has 1 aliphatic heterocycles. The first-order valence-corrected chi connectivity index (χ1v) is 16.2. The maximum atomic E-state index is 13.6. The van der Waals surface area contributed by atoms with Crippen molar-refractivity contribution < 1.29 is 18.0 Å². The van der Waals surface area contributed by atoms with Crippen LogP contribution in [0.5, 0.6) is 0 Å². The van der Waals surface area contributed by atoms with Gasteiger partial charge in [-0.2, -0.15) is 23.4 Å². The van der Waals surface area contributed by atoms with Crippen LogP contribution < -0.4 is 16.0 Å². The van der Waals surface area contributed by atoms with Crippen LogP contribution in [0.25, 0.3) is 21.1 Å². The van der Waals surface area contributed by atoms with E-state index in [1.807, 2.05) is 16.7 Å². The number of piperidine rings is 1. The Bertz CT molecular complexity index is 1900. The van der Waals surface area contributed by atoms with E-state index in [2.05, 4.69) is 56.5 Å². The molecular weight excluding hydrogens is 623 g/mol. The molecule has 2 aliphatic rings. The normalized spacial score (nSPS) is 16.3. The van der Waals surface area contributed by atoms with Gasteiger partial charge >= 0.3 is 6.18 Å². The number of thiophene rings is 1. The Kier molecular flexibility index (Phi) is 8.78. The van der Waals surface area contributed by atoms with E-state index < -0.39 is 11.4 Å². The van der Waals surface area contributed by atoms with Crippen LogP contribution in [0.2, 0.25) is 0 Å². The van der Waals surface area contributed by atoms with Crippen molar-refractivity contribution in [1.82, 2.24) is 24.8 Å². The predicted octanol–water partition coefficient (Wildman–Crippen LogP) is 5.04. The summed E-state index contributed by atoms with van der Waals surface area (Å²) in [4.78, 5) is 23.5. The van der Waals surface area contributed by atoms with Crippen molar-refractivity contribution >= 4 is 65.8 Å². The molecule has 0 spiro atoms. The van der Waals surface area contributed by atoms with E-state index >= 15 is 0 Å². The predicted molar refractivity (Wildman–Crippen MR) is 180 cm³/mol. The number of halogens is 3. The summed E-state index contributed by atoms with van der Waals surface area (Å²) in [7, 11) is 12.7. The third-order valence-electron chi connectivity index (χ3n) is 8.99. The standard InChI is InChI=1S/C32H33B2F3N8OS/c1-17(40-28(46)19-4-5-19)15-45-22(14-38)12-23-18(2)20(6-7-25(23)45)16-44-10-8-21(9-11-44)41-27-24-13-26(31(33,34)32(35,36)37)47-29(24)43-30(39-3)42-27/h6-7,12-13,19,21H,1,4-5,8-11,15-16H2,2-3H3,(H,40,46)(H2,39,41,42,43). The Hall–Kier alpha value is -4.02. The molecule has 0 unspecified atom stereocenters. The van der Waals surface area contributed by atoms with Gasteiger partial charge in [-0.3, -0.25) is 9.69 Å². The summed E-state index contributed by atoms with van der Waals surface area (Å²) < 4.78 is 42.6. The molecule has 3 aromatic heterocycles. The Morgan fingerprint density at radius 3 is 2.51 bits per heavy atom. The molecule has 1 aliphatic carbocycles. The van der Waals surface area contributed by atoms with Crippen molar-refractivity contribution in [2.75, 3.05) is 30.8 Å². The molecule has 4 aromatic rings. The quantitative estimate of drug-likeness (QED) is 0.205. The third-order valence-corrected chi connectivity index (χ3v) is 10.2. The van der Waals surface area contributed by atoms with E-state index in [-0.39, 0.29) is 28.7 Å². The zero-order valence-corrected chi connectivity index (χ0v) is 27.0. The zero-order valence-electron chi connectivity index (χ0n) is 26.2. The summed E-state index contributed by atoms with van der Waals surface area (Å²) in [6.45, 7) is 8.73. The molecular formula is C32H33B2F3N8OS. The van der Waals surface area contributed by atoms with Gasteiger partial charge < -0.3 is 20.5 Å². The van der Waals surface area contributed by atoms with E-state index in [0.717, 1.165) is 78.7 Å². The molecule has 240 valence electrons. The van der Waals surface area contributed by atoms with Crippen LogP contribution in [0.3, 0.4) is 0 Å². The summed E-state index contributed by atoms with van der Waals surface area (Å²) in [5.74, 6) is 0.783. The molecule has 1 saturated heterocycles. The number of nitriles is 1. The van der Waals surface area contributed by atoms with Crippen LogP contribution in [0.1, 0.15) is 47.4 Å². The number of carbonyl (C=O) groups is 1. The van der Waals surface area contributed by atoms with Gasteiger partial charge in [-0.15, -0.1) is 11.3 Å². The first-order chi connectivity index (χ1) is 22.3. The molecule has 15 heteroatoms. The second kappa shape index (κ2) is 12.5. The van der Waals surface area contributed by atoms with Gasteiger partial charge in [0.25, 0.3) is 0 Å². The van der Waals surface area contributed by atoms with Crippen molar-refractivity contribution in [3.05, 3.63) is 58.2 Å². The van der Waals surface area contributed by atoms with Gasteiger partial charge in [0.15, 0.2) is 0 Å². The number of hydrogen-bond acceptors (Lipinski definition) is 8. The number of anilines is 2. The number of rotatable bonds is 10. The summed E-state index contributed by atoms with van der Waals surface area (Å²) in [5.41, 5.74) is 4.24. The molecule has 2 fully saturated rings. The van der Waals surface area contributed by atoms with Crippen molar-refractivity contribution in [2.24, 2.45) is 5.92 Å². The lowest BCUT2D eigenvalue weighted by Crippen LogP contribution is -2.42. The number of hydrogen-bond donors (Lipinski definition) is 3. The molecule has 4 radical (unpaired) electrons. The number of fused-ring (bicyclic) bond motifs is 2. The minimum atomic E-state index is -4.83. The van der Waals surface area contributed by atoms with E-state index in [1.54, 1.807) is 7.05 Å². The highest BCUT2D eigenvalue weighted by Crippen LogP contribution is 2.42. The summed E-state index contributed by atoms with van der Waals surface area (Å²) >= 11 is 0.803. The average Bonchev–Trinajstić information content (AvgIpc) is 3.69. The number of likely N-dealkylation sites (tertiary alicyclic amines) is 1. The Morgan fingerprint density at radius 1 is 1.15 bits per heavy atom. The number of carbonyl (C=O) groups excluding carboxylic acids is 1. The van der Waals surface area contributed by atoms with Gasteiger partial charge in [0.1, 0.15) is 22.4 Å². The van der Waals surface area contributed by atoms with Crippen LogP contribution in [-0.4, -0.2) is 73.4 Å². The van der Waals surface area contributed by atoms with Gasteiger partial charge in [-0.1, -0.05) is 12.6 Å². The molecule has 6 rings (SSSR count). The first-order valence-electron chi connectivity index (χ1n) is 15.4. The maximum Gasteiger partial charge on any atom is 0.384 e. The Labute approximate surface area is 277 Å². The van der Waals surface area contributed by atoms with Gasteiger partial charge in [0, 0.05) is 65.3 Å². The van der Waals surface area contributed by atoms with Crippen molar-refractivity contribution in [1.29, 1.82) is 5.26 Å². The van der Waals surface area contributed by atoms with Crippen LogP contribution >= 0.6 is 11.3 Å². The number of nitrogens with zero attached hydrogens (tertiary/aromatic N) is 5. The molecule has 47 heavy (non-hydrogen) atoms. The SMILES string of the molecule is [B]C([B])(c1cc2c(NC3CCN(Cc4ccc5c(cc(C#N)n5CC(=C)NC(=O)C5CC5)c4C)CC3)nc(NC)nc2s1)C(F)(F)F. The fraction of sp³-hybridized carbons (Fsp3) is 0.438. The van der Waals surface area contributed by atoms with Gasteiger partial charge in [-0.05, 0) is 61.9 Å². The molecule has 1 amide bonds. The van der Waals surface area contributed by atoms with Crippen molar-refractivity contribution in [2.45, 2.75) is 63.1 Å². The Balaban J connectivity index is 1.13. The number of alkyl halides is 3. The van der Waals surface area contributed by atoms with Crippen LogP contribution in [0, 0.1) is 24.2 Å². The van der Waals surface area contributed by atoms with Gasteiger partial charge in [0.2, 0.25) is 11.9 Å². The molecule has 0 bridgehead atoms. The molecule has 9 nitrogen and oxygen atoms in total. The van der Waals surface area contributed by atoms with E-state index in [9.17, 15) is 23.2 Å². The number of aromatic nitrogens is 3. The minimum Gasteiger partial charge on any atom is -0.367 e. The molecule has 1 saturated carbocycles. The lowest BCUT2D eigenvalue weighted by molar-refractivity contribution is -0.143. The first kappa shape index (κ1) is 32.9.